The van der Waals surface area contributed by atoms with Crippen LogP contribution in [-0.4, -0.2) is 59.2 Å². The highest BCUT2D eigenvalue weighted by Gasteiger charge is 2.49. The molecule has 2 aromatic rings. The fraction of sp³-hybridized carbons (Fsp3) is 0.600. The minimum Gasteiger partial charge on any atom is -0.486 e. The molecule has 0 bridgehead atoms. The van der Waals surface area contributed by atoms with Crippen LogP contribution in [0.1, 0.15) is 30.1 Å². The van der Waals surface area contributed by atoms with Crippen molar-refractivity contribution in [3.8, 4) is 11.5 Å². The fourth-order valence-corrected chi connectivity index (χ4v) is 4.88. The molecule has 1 atom stereocenters. The Morgan fingerprint density at radius 2 is 1.93 bits per heavy atom. The molecule has 144 valence electrons. The van der Waals surface area contributed by atoms with Crippen molar-refractivity contribution in [2.24, 2.45) is 12.5 Å². The van der Waals surface area contributed by atoms with Gasteiger partial charge >= 0.3 is 0 Å². The van der Waals surface area contributed by atoms with Gasteiger partial charge in [0, 0.05) is 45.8 Å². The molecular weight excluding hydrogens is 344 g/mol. The lowest BCUT2D eigenvalue weighted by atomic mass is 9.72. The minimum atomic E-state index is 0.229. The van der Waals surface area contributed by atoms with Crippen molar-refractivity contribution in [3.05, 3.63) is 35.9 Å². The second-order valence-electron chi connectivity index (χ2n) is 7.98. The van der Waals surface area contributed by atoms with Gasteiger partial charge in [0.2, 0.25) is 0 Å². The van der Waals surface area contributed by atoms with Crippen LogP contribution in [0.25, 0.3) is 0 Å². The van der Waals surface area contributed by atoms with E-state index < -0.39 is 0 Å². The predicted octanol–water partition coefficient (Wildman–Crippen LogP) is 1.98. The number of ether oxygens (including phenoxy) is 3. The van der Waals surface area contributed by atoms with Crippen molar-refractivity contribution < 1.29 is 14.2 Å². The van der Waals surface area contributed by atoms with Crippen LogP contribution in [0.5, 0.6) is 11.5 Å². The third kappa shape index (κ3) is 3.08. The number of aryl methyl sites for hydroxylation is 1. The summed E-state index contributed by atoms with van der Waals surface area (Å²) in [4.78, 5) is 2.55. The van der Waals surface area contributed by atoms with E-state index in [1.807, 2.05) is 19.4 Å². The first-order valence-electron chi connectivity index (χ1n) is 9.76. The second-order valence-corrected chi connectivity index (χ2v) is 7.98. The normalized spacial score (nSPS) is 24.4. The lowest BCUT2D eigenvalue weighted by Gasteiger charge is -2.37. The second kappa shape index (κ2) is 6.80. The Kier molecular flexibility index (Phi) is 4.28. The van der Waals surface area contributed by atoms with Crippen LogP contribution in [0.3, 0.4) is 0 Å². The van der Waals surface area contributed by atoms with Crippen LogP contribution in [0.2, 0.25) is 0 Å². The maximum absolute atomic E-state index is 5.75. The summed E-state index contributed by atoms with van der Waals surface area (Å²) in [5.41, 5.74) is 1.49. The molecule has 0 amide bonds. The molecular formula is C20H26N4O3. The molecule has 2 fully saturated rings. The van der Waals surface area contributed by atoms with E-state index in [9.17, 15) is 0 Å². The van der Waals surface area contributed by atoms with E-state index in [1.165, 1.54) is 5.56 Å². The number of likely N-dealkylation sites (tertiary alicyclic amines) is 1. The molecule has 0 radical (unpaired) electrons. The first kappa shape index (κ1) is 17.0. The van der Waals surface area contributed by atoms with Gasteiger partial charge in [0.1, 0.15) is 25.4 Å². The predicted molar refractivity (Wildman–Crippen MR) is 98.9 cm³/mol. The topological polar surface area (TPSA) is 61.6 Å². The van der Waals surface area contributed by atoms with Gasteiger partial charge in [0.15, 0.2) is 11.5 Å². The number of hydrogen-bond donors (Lipinski definition) is 0. The molecule has 1 aromatic carbocycles. The van der Waals surface area contributed by atoms with Crippen molar-refractivity contribution in [1.29, 1.82) is 0 Å². The zero-order valence-corrected chi connectivity index (χ0v) is 15.8. The van der Waals surface area contributed by atoms with Crippen LogP contribution < -0.4 is 9.47 Å². The Bertz CT molecular complexity index is 815. The standard InChI is InChI=1S/C20H26N4O3/c1-23-14-21-22-19(23)16-12-24(13-20(16)4-6-25-7-5-20)11-15-2-3-17-18(10-15)27-9-8-26-17/h2-3,10,14,16H,4-9,11-13H2,1H3. The van der Waals surface area contributed by atoms with Crippen LogP contribution in [0.15, 0.2) is 24.5 Å². The third-order valence-electron chi connectivity index (χ3n) is 6.28. The highest BCUT2D eigenvalue weighted by atomic mass is 16.6. The maximum atomic E-state index is 5.75. The largest absolute Gasteiger partial charge is 0.486 e. The molecule has 1 unspecified atom stereocenters. The van der Waals surface area contributed by atoms with Crippen LogP contribution in [0, 0.1) is 5.41 Å². The van der Waals surface area contributed by atoms with Gasteiger partial charge in [-0.25, -0.2) is 0 Å². The Morgan fingerprint density at radius 1 is 1.11 bits per heavy atom. The van der Waals surface area contributed by atoms with Crippen LogP contribution in [-0.2, 0) is 18.3 Å². The summed E-state index contributed by atoms with van der Waals surface area (Å²) < 4.78 is 19.2. The SMILES string of the molecule is Cn1cnnc1C1CN(Cc2ccc3c(c2)OCCO3)CC12CCOCC2. The van der Waals surface area contributed by atoms with Crippen molar-refractivity contribution in [1.82, 2.24) is 19.7 Å². The molecule has 4 heterocycles. The van der Waals surface area contributed by atoms with E-state index in [2.05, 4.69) is 31.8 Å². The van der Waals surface area contributed by atoms with Crippen molar-refractivity contribution >= 4 is 0 Å². The van der Waals surface area contributed by atoms with Gasteiger partial charge in [-0.15, -0.1) is 10.2 Å². The zero-order valence-electron chi connectivity index (χ0n) is 15.8. The lowest BCUT2D eigenvalue weighted by Crippen LogP contribution is -2.36. The van der Waals surface area contributed by atoms with Gasteiger partial charge < -0.3 is 18.8 Å². The summed E-state index contributed by atoms with van der Waals surface area (Å²) in [5.74, 6) is 3.21. The van der Waals surface area contributed by atoms with Crippen molar-refractivity contribution in [2.45, 2.75) is 25.3 Å². The number of rotatable bonds is 3. The Balaban J connectivity index is 1.39. The summed E-state index contributed by atoms with van der Waals surface area (Å²) in [6, 6.07) is 6.31. The molecule has 7 heteroatoms. The molecule has 7 nitrogen and oxygen atoms in total. The third-order valence-corrected chi connectivity index (χ3v) is 6.28. The summed E-state index contributed by atoms with van der Waals surface area (Å²) in [6.07, 6.45) is 3.98. The summed E-state index contributed by atoms with van der Waals surface area (Å²) in [7, 11) is 2.05. The molecule has 3 aliphatic rings. The smallest absolute Gasteiger partial charge is 0.161 e. The molecule has 1 spiro atoms. The van der Waals surface area contributed by atoms with E-state index >= 15 is 0 Å². The molecule has 2 saturated heterocycles. The quantitative estimate of drug-likeness (QED) is 0.823. The lowest BCUT2D eigenvalue weighted by molar-refractivity contribution is 0.0105. The van der Waals surface area contributed by atoms with Gasteiger partial charge in [0.05, 0.1) is 0 Å². The summed E-state index contributed by atoms with van der Waals surface area (Å²) in [6.45, 7) is 5.91. The summed E-state index contributed by atoms with van der Waals surface area (Å²) in [5, 5.41) is 8.59. The van der Waals surface area contributed by atoms with Crippen LogP contribution in [0.4, 0.5) is 0 Å². The first-order valence-corrected chi connectivity index (χ1v) is 9.76. The highest BCUT2D eigenvalue weighted by molar-refractivity contribution is 5.43. The van der Waals surface area contributed by atoms with E-state index in [4.69, 9.17) is 14.2 Å². The number of benzene rings is 1. The van der Waals surface area contributed by atoms with E-state index in [-0.39, 0.29) is 5.41 Å². The number of nitrogens with zero attached hydrogens (tertiary/aromatic N) is 4. The Labute approximate surface area is 159 Å². The zero-order chi connectivity index (χ0) is 18.3. The fourth-order valence-electron chi connectivity index (χ4n) is 4.88. The molecule has 5 rings (SSSR count). The van der Waals surface area contributed by atoms with Gasteiger partial charge in [-0.3, -0.25) is 4.90 Å². The highest BCUT2D eigenvalue weighted by Crippen LogP contribution is 2.49. The average molecular weight is 370 g/mol. The number of hydrogen-bond acceptors (Lipinski definition) is 6. The van der Waals surface area contributed by atoms with Gasteiger partial charge in [-0.1, -0.05) is 6.07 Å². The maximum Gasteiger partial charge on any atom is 0.161 e. The van der Waals surface area contributed by atoms with Gasteiger partial charge in [-0.2, -0.15) is 0 Å². The molecule has 3 aliphatic heterocycles. The average Bonchev–Trinajstić information content (AvgIpc) is 3.25. The Morgan fingerprint density at radius 3 is 2.70 bits per heavy atom. The minimum absolute atomic E-state index is 0.229. The summed E-state index contributed by atoms with van der Waals surface area (Å²) >= 11 is 0. The van der Waals surface area contributed by atoms with E-state index in [1.54, 1.807) is 0 Å². The molecule has 0 saturated carbocycles. The molecule has 27 heavy (non-hydrogen) atoms. The van der Waals surface area contributed by atoms with Crippen molar-refractivity contribution in [3.63, 3.8) is 0 Å². The first-order chi connectivity index (χ1) is 13.2. The molecule has 1 aromatic heterocycles. The van der Waals surface area contributed by atoms with Crippen LogP contribution >= 0.6 is 0 Å². The van der Waals surface area contributed by atoms with Gasteiger partial charge in [0.25, 0.3) is 0 Å². The Hall–Kier alpha value is -2.12. The number of aromatic nitrogens is 3. The van der Waals surface area contributed by atoms with Crippen molar-refractivity contribution in [2.75, 3.05) is 39.5 Å². The molecule has 0 aliphatic carbocycles. The number of fused-ring (bicyclic) bond motifs is 1. The van der Waals surface area contributed by atoms with E-state index in [0.717, 1.165) is 63.0 Å². The van der Waals surface area contributed by atoms with E-state index in [0.29, 0.717) is 19.1 Å². The monoisotopic (exact) mass is 370 g/mol. The molecule has 0 N–H and O–H groups in total. The van der Waals surface area contributed by atoms with Gasteiger partial charge in [-0.05, 0) is 36.0 Å².